The van der Waals surface area contributed by atoms with Crippen molar-refractivity contribution in [2.75, 3.05) is 20.2 Å². The SMILES string of the molecule is C[C@H](c1ccc(-n2cncn2)cc1)N(C)C[C@@H](O)COc1ccccc1. The van der Waals surface area contributed by atoms with E-state index in [1.54, 1.807) is 11.0 Å². The zero-order chi connectivity index (χ0) is 18.4. The minimum Gasteiger partial charge on any atom is -0.491 e. The Balaban J connectivity index is 1.52. The molecule has 6 nitrogen and oxygen atoms in total. The Hall–Kier alpha value is -2.70. The summed E-state index contributed by atoms with van der Waals surface area (Å²) in [6.07, 6.45) is 2.63. The first-order valence-corrected chi connectivity index (χ1v) is 8.64. The summed E-state index contributed by atoms with van der Waals surface area (Å²) in [6, 6.07) is 17.9. The number of aliphatic hydroxyl groups is 1. The fourth-order valence-corrected chi connectivity index (χ4v) is 2.75. The van der Waals surface area contributed by atoms with Gasteiger partial charge in [0.05, 0.1) is 5.69 Å². The number of aromatic nitrogens is 3. The van der Waals surface area contributed by atoms with E-state index in [9.17, 15) is 5.11 Å². The summed E-state index contributed by atoms with van der Waals surface area (Å²) < 4.78 is 7.34. The maximum absolute atomic E-state index is 10.3. The molecule has 0 aliphatic rings. The van der Waals surface area contributed by atoms with Crippen LogP contribution < -0.4 is 4.74 Å². The number of aliphatic hydroxyl groups excluding tert-OH is 1. The monoisotopic (exact) mass is 352 g/mol. The molecule has 0 amide bonds. The van der Waals surface area contributed by atoms with Crippen LogP contribution in [0.15, 0.2) is 67.3 Å². The van der Waals surface area contributed by atoms with Crippen LogP contribution in [0.1, 0.15) is 18.5 Å². The molecule has 0 bridgehead atoms. The van der Waals surface area contributed by atoms with Gasteiger partial charge in [0.25, 0.3) is 0 Å². The standard InChI is InChI=1S/C20H24N4O2/c1-16(17-8-10-18(11-9-17)24-15-21-14-22-24)23(2)12-19(25)13-26-20-6-4-3-5-7-20/h3-11,14-16,19,25H,12-13H2,1-2H3/t16-,19-/m1/s1. The fraction of sp³-hybridized carbons (Fsp3) is 0.300. The first-order chi connectivity index (χ1) is 12.6. The molecule has 1 heterocycles. The Kier molecular flexibility index (Phi) is 5.99. The number of hydrogen-bond acceptors (Lipinski definition) is 5. The molecule has 0 unspecified atom stereocenters. The van der Waals surface area contributed by atoms with E-state index in [-0.39, 0.29) is 12.6 Å². The van der Waals surface area contributed by atoms with Crippen molar-refractivity contribution in [2.24, 2.45) is 0 Å². The second kappa shape index (κ2) is 8.60. The molecule has 136 valence electrons. The molecule has 0 saturated heterocycles. The van der Waals surface area contributed by atoms with Gasteiger partial charge >= 0.3 is 0 Å². The van der Waals surface area contributed by atoms with Crippen molar-refractivity contribution in [3.8, 4) is 11.4 Å². The van der Waals surface area contributed by atoms with Crippen molar-refractivity contribution in [1.82, 2.24) is 19.7 Å². The maximum atomic E-state index is 10.3. The average molecular weight is 352 g/mol. The first kappa shape index (κ1) is 18.1. The zero-order valence-electron chi connectivity index (χ0n) is 15.1. The molecular weight excluding hydrogens is 328 g/mol. The van der Waals surface area contributed by atoms with Crippen molar-refractivity contribution in [1.29, 1.82) is 0 Å². The van der Waals surface area contributed by atoms with Gasteiger partial charge in [-0.2, -0.15) is 5.10 Å². The highest BCUT2D eigenvalue weighted by atomic mass is 16.5. The van der Waals surface area contributed by atoms with Gasteiger partial charge in [0.15, 0.2) is 0 Å². The van der Waals surface area contributed by atoms with E-state index in [0.717, 1.165) is 11.4 Å². The highest BCUT2D eigenvalue weighted by Crippen LogP contribution is 2.20. The van der Waals surface area contributed by atoms with Crippen molar-refractivity contribution in [2.45, 2.75) is 19.1 Å². The average Bonchev–Trinajstić information content (AvgIpc) is 3.21. The lowest BCUT2D eigenvalue weighted by Gasteiger charge is -2.27. The molecule has 1 aromatic heterocycles. The molecule has 2 aromatic carbocycles. The quantitative estimate of drug-likeness (QED) is 0.675. The van der Waals surface area contributed by atoms with Crippen LogP contribution in [0.3, 0.4) is 0 Å². The van der Waals surface area contributed by atoms with Gasteiger partial charge in [0.2, 0.25) is 0 Å². The predicted octanol–water partition coefficient (Wildman–Crippen LogP) is 2.70. The van der Waals surface area contributed by atoms with Crippen LogP contribution in [-0.2, 0) is 0 Å². The Morgan fingerprint density at radius 2 is 1.85 bits per heavy atom. The topological polar surface area (TPSA) is 63.4 Å². The molecule has 1 N–H and O–H groups in total. The normalized spacial score (nSPS) is 13.5. The summed E-state index contributed by atoms with van der Waals surface area (Å²) in [5, 5.41) is 14.4. The van der Waals surface area contributed by atoms with Crippen molar-refractivity contribution in [3.05, 3.63) is 72.8 Å². The van der Waals surface area contributed by atoms with Crippen LogP contribution in [0.25, 0.3) is 5.69 Å². The molecule has 0 aliphatic heterocycles. The van der Waals surface area contributed by atoms with Gasteiger partial charge in [0, 0.05) is 12.6 Å². The minimum absolute atomic E-state index is 0.172. The highest BCUT2D eigenvalue weighted by Gasteiger charge is 2.16. The lowest BCUT2D eigenvalue weighted by molar-refractivity contribution is 0.0654. The van der Waals surface area contributed by atoms with Crippen molar-refractivity contribution < 1.29 is 9.84 Å². The van der Waals surface area contributed by atoms with Gasteiger partial charge in [-0.25, -0.2) is 9.67 Å². The number of likely N-dealkylation sites (N-methyl/N-ethyl adjacent to an activating group) is 1. The molecule has 0 aliphatic carbocycles. The minimum atomic E-state index is -0.558. The summed E-state index contributed by atoms with van der Waals surface area (Å²) in [6.45, 7) is 2.92. The van der Waals surface area contributed by atoms with Gasteiger partial charge in [-0.1, -0.05) is 30.3 Å². The van der Waals surface area contributed by atoms with Crippen LogP contribution in [-0.4, -0.2) is 51.1 Å². The number of hydrogen-bond donors (Lipinski definition) is 1. The molecule has 6 heteroatoms. The third-order valence-corrected chi connectivity index (χ3v) is 4.40. The fourth-order valence-electron chi connectivity index (χ4n) is 2.75. The van der Waals surface area contributed by atoms with E-state index in [2.05, 4.69) is 34.0 Å². The molecule has 0 radical (unpaired) electrons. The summed E-state index contributed by atoms with van der Waals surface area (Å²) in [4.78, 5) is 6.07. The van der Waals surface area contributed by atoms with Crippen LogP contribution in [0, 0.1) is 0 Å². The number of para-hydroxylation sites is 1. The Bertz CT molecular complexity index is 775. The van der Waals surface area contributed by atoms with E-state index >= 15 is 0 Å². The van der Waals surface area contributed by atoms with Crippen LogP contribution >= 0.6 is 0 Å². The summed E-state index contributed by atoms with van der Waals surface area (Å²) in [5.74, 6) is 0.769. The van der Waals surface area contributed by atoms with E-state index < -0.39 is 6.10 Å². The summed E-state index contributed by atoms with van der Waals surface area (Å²) in [7, 11) is 2.00. The second-order valence-electron chi connectivity index (χ2n) is 6.33. The summed E-state index contributed by atoms with van der Waals surface area (Å²) >= 11 is 0. The van der Waals surface area contributed by atoms with E-state index in [1.165, 1.54) is 11.9 Å². The van der Waals surface area contributed by atoms with Gasteiger partial charge < -0.3 is 9.84 Å². The van der Waals surface area contributed by atoms with Crippen LogP contribution in [0.5, 0.6) is 5.75 Å². The highest BCUT2D eigenvalue weighted by molar-refractivity contribution is 5.34. The Morgan fingerprint density at radius 3 is 2.50 bits per heavy atom. The Labute approximate surface area is 153 Å². The van der Waals surface area contributed by atoms with Gasteiger partial charge in [-0.15, -0.1) is 0 Å². The Morgan fingerprint density at radius 1 is 1.12 bits per heavy atom. The zero-order valence-corrected chi connectivity index (χ0v) is 15.1. The molecule has 0 saturated carbocycles. The largest absolute Gasteiger partial charge is 0.491 e. The van der Waals surface area contributed by atoms with Crippen LogP contribution in [0.2, 0.25) is 0 Å². The second-order valence-corrected chi connectivity index (χ2v) is 6.33. The molecule has 0 spiro atoms. The molecule has 26 heavy (non-hydrogen) atoms. The number of benzene rings is 2. The van der Waals surface area contributed by atoms with E-state index in [0.29, 0.717) is 6.54 Å². The van der Waals surface area contributed by atoms with E-state index in [4.69, 9.17) is 4.74 Å². The predicted molar refractivity (Wildman–Crippen MR) is 100 cm³/mol. The van der Waals surface area contributed by atoms with Crippen LogP contribution in [0.4, 0.5) is 0 Å². The number of ether oxygens (including phenoxy) is 1. The molecule has 3 rings (SSSR count). The summed E-state index contributed by atoms with van der Waals surface area (Å²) in [5.41, 5.74) is 2.14. The maximum Gasteiger partial charge on any atom is 0.138 e. The number of rotatable bonds is 8. The third kappa shape index (κ3) is 4.68. The smallest absolute Gasteiger partial charge is 0.138 e. The molecule has 3 aromatic rings. The van der Waals surface area contributed by atoms with Crippen molar-refractivity contribution in [3.63, 3.8) is 0 Å². The van der Waals surface area contributed by atoms with Gasteiger partial charge in [-0.05, 0) is 43.8 Å². The third-order valence-electron chi connectivity index (χ3n) is 4.40. The lowest BCUT2D eigenvalue weighted by atomic mass is 10.1. The lowest BCUT2D eigenvalue weighted by Crippen LogP contribution is -2.34. The molecular formula is C20H24N4O2. The molecule has 2 atom stereocenters. The van der Waals surface area contributed by atoms with Gasteiger partial charge in [-0.3, -0.25) is 4.90 Å². The van der Waals surface area contributed by atoms with Gasteiger partial charge in [0.1, 0.15) is 31.1 Å². The first-order valence-electron chi connectivity index (χ1n) is 8.64. The number of nitrogens with zero attached hydrogens (tertiary/aromatic N) is 4. The van der Waals surface area contributed by atoms with E-state index in [1.807, 2.05) is 49.5 Å². The molecule has 0 fully saturated rings. The van der Waals surface area contributed by atoms with Crippen molar-refractivity contribution >= 4 is 0 Å².